The fourth-order valence-corrected chi connectivity index (χ4v) is 3.33. The number of hydrogen-bond donors (Lipinski definition) is 4. The van der Waals surface area contributed by atoms with Crippen molar-refractivity contribution in [2.24, 2.45) is 5.92 Å². The number of aromatic hydroxyl groups is 1. The highest BCUT2D eigenvalue weighted by Gasteiger charge is 2.22. The van der Waals surface area contributed by atoms with Gasteiger partial charge >= 0.3 is 6.09 Å². The predicted octanol–water partition coefficient (Wildman–Crippen LogP) is 5.86. The second-order valence-electron chi connectivity index (χ2n) is 7.34. The first-order chi connectivity index (χ1) is 15.8. The highest BCUT2D eigenvalue weighted by atomic mass is 79.9. The average Bonchev–Trinajstić information content (AvgIpc) is 2.80. The van der Waals surface area contributed by atoms with Crippen LogP contribution in [0.5, 0.6) is 5.75 Å². The number of phenols is 1. The number of nitrogens with two attached hydrogens (primary N) is 1. The Hall–Kier alpha value is -3.78. The smallest absolute Gasteiger partial charge is 0.412 e. The van der Waals surface area contributed by atoms with Crippen molar-refractivity contribution in [1.29, 1.82) is 0 Å². The van der Waals surface area contributed by atoms with Crippen molar-refractivity contribution in [1.82, 2.24) is 0 Å². The fourth-order valence-electron chi connectivity index (χ4n) is 3.06. The molecule has 0 radical (unpaired) electrons. The third-order valence-electron chi connectivity index (χ3n) is 4.79. The first-order valence-corrected chi connectivity index (χ1v) is 11.0. The number of para-hydroxylation sites is 2. The zero-order valence-electron chi connectivity index (χ0n) is 17.9. The fraction of sp³-hybridized carbons (Fsp3) is 0.120. The van der Waals surface area contributed by atoms with Gasteiger partial charge in [-0.25, -0.2) is 4.79 Å². The molecule has 3 aromatic carbocycles. The maximum absolute atomic E-state index is 12.6. The van der Waals surface area contributed by atoms with Crippen LogP contribution >= 0.6 is 15.9 Å². The minimum atomic E-state index is -0.702. The zero-order valence-corrected chi connectivity index (χ0v) is 19.5. The number of hydrogen-bond acceptors (Lipinski definition) is 5. The molecular formula is C25H24BrN3O4. The molecule has 0 heterocycles. The largest absolute Gasteiger partial charge is 0.508 e. The summed E-state index contributed by atoms with van der Waals surface area (Å²) in [5.41, 5.74) is 8.08. The summed E-state index contributed by atoms with van der Waals surface area (Å²) in [6.45, 7) is 1.82. The van der Waals surface area contributed by atoms with Gasteiger partial charge in [0, 0.05) is 16.1 Å². The Balaban J connectivity index is 1.72. The van der Waals surface area contributed by atoms with Crippen molar-refractivity contribution >= 4 is 45.0 Å². The number of phenolic OH excluding ortho intramolecular Hbond substituents is 1. The lowest BCUT2D eigenvalue weighted by Crippen LogP contribution is -2.21. The van der Waals surface area contributed by atoms with E-state index in [9.17, 15) is 14.7 Å². The van der Waals surface area contributed by atoms with Gasteiger partial charge in [-0.1, -0.05) is 53.2 Å². The van der Waals surface area contributed by atoms with Gasteiger partial charge < -0.3 is 20.9 Å². The summed E-state index contributed by atoms with van der Waals surface area (Å²) < 4.78 is 6.58. The second kappa shape index (κ2) is 11.2. The number of carbonyl (C=O) groups is 2. The van der Waals surface area contributed by atoms with Crippen LogP contribution in [0.2, 0.25) is 0 Å². The number of halogens is 1. The summed E-state index contributed by atoms with van der Waals surface area (Å²) in [5, 5.41) is 15.0. The van der Waals surface area contributed by atoms with Crippen LogP contribution in [0.1, 0.15) is 18.6 Å². The van der Waals surface area contributed by atoms with Gasteiger partial charge in [-0.2, -0.15) is 0 Å². The number of nitrogens with one attached hydrogen (secondary N) is 2. The molecule has 0 bridgehead atoms. The lowest BCUT2D eigenvalue weighted by Gasteiger charge is -2.23. The second-order valence-corrected chi connectivity index (χ2v) is 8.26. The standard InChI is InChI=1S/C25H24BrN3O4/c1-16(6-15-23(31)29-22-5-3-2-4-21(22)27)24(17-7-13-20(30)14-8-17)33-25(32)28-19-11-9-18(26)10-12-19/h2-16,24,30H,27H2,1H3,(H,28,32)(H,29,31)/b15-6+/t16-,24-/m1/s1. The Kier molecular flexibility index (Phi) is 8.10. The van der Waals surface area contributed by atoms with Crippen molar-refractivity contribution in [3.8, 4) is 5.75 Å². The van der Waals surface area contributed by atoms with Gasteiger partial charge in [-0.3, -0.25) is 10.1 Å². The van der Waals surface area contributed by atoms with Gasteiger partial charge in [0.1, 0.15) is 11.9 Å². The lowest BCUT2D eigenvalue weighted by molar-refractivity contribution is -0.111. The van der Waals surface area contributed by atoms with Gasteiger partial charge in [0.15, 0.2) is 0 Å². The average molecular weight is 510 g/mol. The molecule has 0 aliphatic carbocycles. The molecule has 0 aliphatic rings. The van der Waals surface area contributed by atoms with E-state index in [2.05, 4.69) is 26.6 Å². The predicted molar refractivity (Wildman–Crippen MR) is 133 cm³/mol. The van der Waals surface area contributed by atoms with E-state index in [0.717, 1.165) is 4.47 Å². The molecule has 5 N–H and O–H groups in total. The molecule has 170 valence electrons. The van der Waals surface area contributed by atoms with Crippen LogP contribution in [0.3, 0.4) is 0 Å². The molecule has 33 heavy (non-hydrogen) atoms. The maximum Gasteiger partial charge on any atom is 0.412 e. The number of carbonyl (C=O) groups excluding carboxylic acids is 2. The van der Waals surface area contributed by atoms with Gasteiger partial charge in [0.25, 0.3) is 0 Å². The van der Waals surface area contributed by atoms with Crippen LogP contribution in [-0.2, 0) is 9.53 Å². The summed E-state index contributed by atoms with van der Waals surface area (Å²) in [6.07, 6.45) is 1.68. The van der Waals surface area contributed by atoms with Gasteiger partial charge in [-0.05, 0) is 60.2 Å². The van der Waals surface area contributed by atoms with Crippen LogP contribution in [0.15, 0.2) is 89.4 Å². The number of anilines is 3. The first kappa shape index (κ1) is 23.9. The third-order valence-corrected chi connectivity index (χ3v) is 5.32. The van der Waals surface area contributed by atoms with Crippen LogP contribution in [0.25, 0.3) is 0 Å². The molecule has 0 unspecified atom stereocenters. The molecule has 3 aromatic rings. The van der Waals surface area contributed by atoms with E-state index in [1.807, 2.05) is 6.92 Å². The van der Waals surface area contributed by atoms with E-state index < -0.39 is 12.2 Å². The minimum Gasteiger partial charge on any atom is -0.508 e. The third kappa shape index (κ3) is 7.11. The van der Waals surface area contributed by atoms with Gasteiger partial charge in [-0.15, -0.1) is 0 Å². The van der Waals surface area contributed by atoms with Crippen molar-refractivity contribution < 1.29 is 19.4 Å². The van der Waals surface area contributed by atoms with Gasteiger partial charge in [0.05, 0.1) is 11.4 Å². The Bertz CT molecular complexity index is 1130. The van der Waals surface area contributed by atoms with Crippen molar-refractivity contribution in [2.75, 3.05) is 16.4 Å². The van der Waals surface area contributed by atoms with E-state index >= 15 is 0 Å². The van der Waals surface area contributed by atoms with Crippen LogP contribution in [-0.4, -0.2) is 17.1 Å². The maximum atomic E-state index is 12.6. The molecule has 2 amide bonds. The van der Waals surface area contributed by atoms with Crippen LogP contribution in [0.4, 0.5) is 21.9 Å². The Morgan fingerprint density at radius 3 is 2.33 bits per heavy atom. The minimum absolute atomic E-state index is 0.0971. The molecule has 2 atom stereocenters. The summed E-state index contributed by atoms with van der Waals surface area (Å²) >= 11 is 3.35. The Labute approximate surface area is 200 Å². The number of rotatable bonds is 7. The molecule has 0 saturated heterocycles. The Morgan fingerprint density at radius 1 is 1.00 bits per heavy atom. The molecule has 0 spiro atoms. The molecule has 3 rings (SSSR count). The van der Waals surface area contributed by atoms with Crippen molar-refractivity contribution in [3.05, 3.63) is 95.0 Å². The van der Waals surface area contributed by atoms with Gasteiger partial charge in [0.2, 0.25) is 5.91 Å². The Morgan fingerprint density at radius 2 is 1.67 bits per heavy atom. The molecule has 8 heteroatoms. The normalized spacial score (nSPS) is 12.7. The van der Waals surface area contributed by atoms with E-state index in [0.29, 0.717) is 22.6 Å². The number of ether oxygens (including phenoxy) is 1. The van der Waals surface area contributed by atoms with E-state index in [1.165, 1.54) is 18.2 Å². The van der Waals surface area contributed by atoms with Crippen LogP contribution in [0, 0.1) is 5.92 Å². The zero-order chi connectivity index (χ0) is 23.8. The topological polar surface area (TPSA) is 114 Å². The summed E-state index contributed by atoms with van der Waals surface area (Å²) in [5.74, 6) is -0.618. The molecular weight excluding hydrogens is 486 g/mol. The lowest BCUT2D eigenvalue weighted by atomic mass is 9.96. The summed E-state index contributed by atoms with van der Waals surface area (Å²) in [7, 11) is 0. The number of amides is 2. The number of benzene rings is 3. The number of nitrogen functional groups attached to an aromatic ring is 1. The van der Waals surface area contributed by atoms with E-state index in [-0.39, 0.29) is 17.6 Å². The monoisotopic (exact) mass is 509 g/mol. The first-order valence-electron chi connectivity index (χ1n) is 10.2. The molecule has 0 saturated carbocycles. The molecule has 7 nitrogen and oxygen atoms in total. The van der Waals surface area contributed by atoms with Crippen LogP contribution < -0.4 is 16.4 Å². The molecule has 0 aliphatic heterocycles. The van der Waals surface area contributed by atoms with E-state index in [4.69, 9.17) is 10.5 Å². The molecule has 0 aromatic heterocycles. The highest BCUT2D eigenvalue weighted by molar-refractivity contribution is 9.10. The summed E-state index contributed by atoms with van der Waals surface area (Å²) in [6, 6.07) is 20.4. The SMILES string of the molecule is C[C@H](/C=C/C(=O)Nc1ccccc1N)[C@@H](OC(=O)Nc1ccc(Br)cc1)c1ccc(O)cc1. The van der Waals surface area contributed by atoms with Crippen molar-refractivity contribution in [3.63, 3.8) is 0 Å². The highest BCUT2D eigenvalue weighted by Crippen LogP contribution is 2.29. The van der Waals surface area contributed by atoms with E-state index in [1.54, 1.807) is 66.7 Å². The van der Waals surface area contributed by atoms with Crippen molar-refractivity contribution in [2.45, 2.75) is 13.0 Å². The quantitative estimate of drug-likeness (QED) is 0.235. The summed E-state index contributed by atoms with van der Waals surface area (Å²) in [4.78, 5) is 24.9. The molecule has 0 fully saturated rings.